The Labute approximate surface area is 201 Å². The molecule has 1 saturated heterocycles. The second-order valence-corrected chi connectivity index (χ2v) is 11.0. The van der Waals surface area contributed by atoms with E-state index in [1.54, 1.807) is 4.31 Å². The third-order valence-corrected chi connectivity index (χ3v) is 9.17. The Morgan fingerprint density at radius 1 is 0.971 bits per heavy atom. The zero-order chi connectivity index (χ0) is 24.6. The summed E-state index contributed by atoms with van der Waals surface area (Å²) < 4.78 is 39.2. The molecule has 34 heavy (non-hydrogen) atoms. The molecule has 1 fully saturated rings. The standard InChI is InChI=1S/C25H33N3O5S/c1-16-12-17(2)19(4)24(18(16)3)34(30,31)28-10-8-27(9-11-28)20(5)25(29)26-14-21-6-7-22-23(13-21)33-15-32-22/h6-7,12-13,20H,8-11,14-15H2,1-5H3,(H,26,29)/t20-/m1/s1. The van der Waals surface area contributed by atoms with Crippen molar-refractivity contribution in [3.8, 4) is 11.5 Å². The number of sulfonamides is 1. The molecule has 0 bridgehead atoms. The van der Waals surface area contributed by atoms with Gasteiger partial charge in [0.2, 0.25) is 22.7 Å². The van der Waals surface area contributed by atoms with Crippen LogP contribution in [0, 0.1) is 27.7 Å². The Kier molecular flexibility index (Phi) is 6.89. The Hall–Kier alpha value is -2.62. The highest BCUT2D eigenvalue weighted by Crippen LogP contribution is 2.32. The fraction of sp³-hybridized carbons (Fsp3) is 0.480. The summed E-state index contributed by atoms with van der Waals surface area (Å²) in [4.78, 5) is 15.2. The van der Waals surface area contributed by atoms with E-state index in [1.807, 2.05) is 63.8 Å². The summed E-state index contributed by atoms with van der Waals surface area (Å²) in [7, 11) is -3.61. The Balaban J connectivity index is 1.36. The molecule has 2 aliphatic rings. The van der Waals surface area contributed by atoms with E-state index < -0.39 is 10.0 Å². The first-order valence-corrected chi connectivity index (χ1v) is 13.0. The lowest BCUT2D eigenvalue weighted by Crippen LogP contribution is -2.54. The van der Waals surface area contributed by atoms with Crippen molar-refractivity contribution in [1.82, 2.24) is 14.5 Å². The zero-order valence-corrected chi connectivity index (χ0v) is 21.3. The van der Waals surface area contributed by atoms with Gasteiger partial charge in [0.05, 0.1) is 10.9 Å². The van der Waals surface area contributed by atoms with Gasteiger partial charge in [-0.1, -0.05) is 12.1 Å². The van der Waals surface area contributed by atoms with Gasteiger partial charge in [-0.3, -0.25) is 9.69 Å². The van der Waals surface area contributed by atoms with Gasteiger partial charge in [-0.25, -0.2) is 8.42 Å². The minimum atomic E-state index is -3.61. The van der Waals surface area contributed by atoms with Gasteiger partial charge in [0, 0.05) is 32.7 Å². The molecular formula is C25H33N3O5S. The molecule has 2 aromatic rings. The van der Waals surface area contributed by atoms with E-state index >= 15 is 0 Å². The Morgan fingerprint density at radius 2 is 1.59 bits per heavy atom. The summed E-state index contributed by atoms with van der Waals surface area (Å²) in [5, 5.41) is 2.97. The molecular weight excluding hydrogens is 454 g/mol. The number of amides is 1. The van der Waals surface area contributed by atoms with E-state index in [1.165, 1.54) is 0 Å². The number of carbonyl (C=O) groups is 1. The van der Waals surface area contributed by atoms with Gasteiger partial charge in [-0.05, 0) is 74.6 Å². The predicted octanol–water partition coefficient (Wildman–Crippen LogP) is 2.66. The van der Waals surface area contributed by atoms with Crippen LogP contribution in [-0.4, -0.2) is 62.5 Å². The highest BCUT2D eigenvalue weighted by molar-refractivity contribution is 7.89. The van der Waals surface area contributed by atoms with Crippen molar-refractivity contribution in [2.45, 2.75) is 52.1 Å². The second kappa shape index (κ2) is 9.56. The van der Waals surface area contributed by atoms with Crippen molar-refractivity contribution >= 4 is 15.9 Å². The number of ether oxygens (including phenoxy) is 2. The summed E-state index contributed by atoms with van der Waals surface area (Å²) >= 11 is 0. The molecule has 0 unspecified atom stereocenters. The quantitative estimate of drug-likeness (QED) is 0.674. The number of rotatable bonds is 6. The largest absolute Gasteiger partial charge is 0.454 e. The Bertz CT molecular complexity index is 1180. The van der Waals surface area contributed by atoms with Crippen molar-refractivity contribution < 1.29 is 22.7 Å². The molecule has 0 saturated carbocycles. The van der Waals surface area contributed by atoms with Crippen molar-refractivity contribution in [3.63, 3.8) is 0 Å². The van der Waals surface area contributed by atoms with Crippen LogP contribution in [0.25, 0.3) is 0 Å². The molecule has 0 aromatic heterocycles. The first kappa shape index (κ1) is 24.5. The zero-order valence-electron chi connectivity index (χ0n) is 20.5. The number of piperazine rings is 1. The smallest absolute Gasteiger partial charge is 0.243 e. The third kappa shape index (κ3) is 4.64. The predicted molar refractivity (Wildman–Crippen MR) is 130 cm³/mol. The minimum absolute atomic E-state index is 0.0880. The maximum absolute atomic E-state index is 13.5. The number of nitrogens with zero attached hydrogens (tertiary/aromatic N) is 2. The van der Waals surface area contributed by atoms with Gasteiger partial charge < -0.3 is 14.8 Å². The third-order valence-electron chi connectivity index (χ3n) is 7.00. The van der Waals surface area contributed by atoms with E-state index in [0.29, 0.717) is 49.1 Å². The fourth-order valence-electron chi connectivity index (χ4n) is 4.58. The number of hydrogen-bond acceptors (Lipinski definition) is 6. The Morgan fingerprint density at radius 3 is 2.24 bits per heavy atom. The van der Waals surface area contributed by atoms with Crippen molar-refractivity contribution in [3.05, 3.63) is 52.1 Å². The SMILES string of the molecule is Cc1cc(C)c(C)c(S(=O)(=O)N2CCN([C@H](C)C(=O)NCc3ccc4c(c3)OCO4)CC2)c1C. The monoisotopic (exact) mass is 487 g/mol. The van der Waals surface area contributed by atoms with E-state index in [0.717, 1.165) is 27.8 Å². The van der Waals surface area contributed by atoms with Gasteiger partial charge in [-0.2, -0.15) is 4.31 Å². The van der Waals surface area contributed by atoms with Crippen molar-refractivity contribution in [2.75, 3.05) is 33.0 Å². The topological polar surface area (TPSA) is 88.2 Å². The molecule has 2 heterocycles. The normalized spacial score (nSPS) is 17.6. The summed E-state index contributed by atoms with van der Waals surface area (Å²) in [6.45, 7) is 11.8. The molecule has 2 aliphatic heterocycles. The number of hydrogen-bond donors (Lipinski definition) is 1. The number of fused-ring (bicyclic) bond motifs is 1. The highest BCUT2D eigenvalue weighted by Gasteiger charge is 2.34. The van der Waals surface area contributed by atoms with Gasteiger partial charge in [-0.15, -0.1) is 0 Å². The van der Waals surface area contributed by atoms with Crippen LogP contribution in [0.1, 0.15) is 34.7 Å². The second-order valence-electron chi connectivity index (χ2n) is 9.11. The average molecular weight is 488 g/mol. The number of carbonyl (C=O) groups excluding carboxylic acids is 1. The van der Waals surface area contributed by atoms with Gasteiger partial charge >= 0.3 is 0 Å². The van der Waals surface area contributed by atoms with Crippen LogP contribution < -0.4 is 14.8 Å². The maximum Gasteiger partial charge on any atom is 0.243 e. The van der Waals surface area contributed by atoms with Crippen LogP contribution in [0.5, 0.6) is 11.5 Å². The molecule has 0 spiro atoms. The molecule has 0 radical (unpaired) electrons. The average Bonchev–Trinajstić information content (AvgIpc) is 3.29. The minimum Gasteiger partial charge on any atom is -0.454 e. The van der Waals surface area contributed by atoms with E-state index in [4.69, 9.17) is 9.47 Å². The molecule has 0 aliphatic carbocycles. The first-order valence-electron chi connectivity index (χ1n) is 11.6. The van der Waals surface area contributed by atoms with Crippen LogP contribution in [-0.2, 0) is 21.4 Å². The van der Waals surface area contributed by atoms with Crippen molar-refractivity contribution in [2.24, 2.45) is 0 Å². The summed E-state index contributed by atoms with van der Waals surface area (Å²) in [5.74, 6) is 1.31. The lowest BCUT2D eigenvalue weighted by Gasteiger charge is -2.37. The molecule has 8 nitrogen and oxygen atoms in total. The van der Waals surface area contributed by atoms with Gasteiger partial charge in [0.25, 0.3) is 0 Å². The van der Waals surface area contributed by atoms with E-state index in [9.17, 15) is 13.2 Å². The van der Waals surface area contributed by atoms with E-state index in [-0.39, 0.29) is 18.7 Å². The van der Waals surface area contributed by atoms with Crippen molar-refractivity contribution in [1.29, 1.82) is 0 Å². The van der Waals surface area contributed by atoms with Crippen LogP contribution in [0.15, 0.2) is 29.2 Å². The molecule has 1 amide bonds. The highest BCUT2D eigenvalue weighted by atomic mass is 32.2. The molecule has 1 N–H and O–H groups in total. The molecule has 2 aromatic carbocycles. The molecule has 1 atom stereocenters. The number of benzene rings is 2. The maximum atomic E-state index is 13.5. The van der Waals surface area contributed by atoms with Crippen LogP contribution in [0.2, 0.25) is 0 Å². The number of aryl methyl sites for hydroxylation is 2. The fourth-order valence-corrected chi connectivity index (χ4v) is 6.58. The van der Waals surface area contributed by atoms with Crippen LogP contribution in [0.4, 0.5) is 0 Å². The molecule has 184 valence electrons. The molecule has 4 rings (SSSR count). The van der Waals surface area contributed by atoms with Gasteiger partial charge in [0.1, 0.15) is 0 Å². The lowest BCUT2D eigenvalue weighted by molar-refractivity contribution is -0.126. The lowest BCUT2D eigenvalue weighted by atomic mass is 10.0. The summed E-state index contributed by atoms with van der Waals surface area (Å²) in [6.07, 6.45) is 0. The summed E-state index contributed by atoms with van der Waals surface area (Å²) in [6, 6.07) is 7.29. The molecule has 9 heteroatoms. The summed E-state index contributed by atoms with van der Waals surface area (Å²) in [5.41, 5.74) is 4.50. The van der Waals surface area contributed by atoms with Crippen LogP contribution >= 0.6 is 0 Å². The van der Waals surface area contributed by atoms with E-state index in [2.05, 4.69) is 5.32 Å². The van der Waals surface area contributed by atoms with Crippen LogP contribution in [0.3, 0.4) is 0 Å². The van der Waals surface area contributed by atoms with Gasteiger partial charge in [0.15, 0.2) is 11.5 Å². The number of nitrogens with one attached hydrogen (secondary N) is 1. The first-order chi connectivity index (χ1) is 16.1.